The Labute approximate surface area is 292 Å². The van der Waals surface area contributed by atoms with Crippen LogP contribution in [0.2, 0.25) is 0 Å². The van der Waals surface area contributed by atoms with Crippen LogP contribution in [0.4, 0.5) is 0 Å². The highest BCUT2D eigenvalue weighted by atomic mass is 32.1. The van der Waals surface area contributed by atoms with Crippen molar-refractivity contribution in [3.63, 3.8) is 0 Å². The normalized spacial score (nSPS) is 11.6. The molecule has 0 aliphatic rings. The second kappa shape index (κ2) is 11.6. The summed E-state index contributed by atoms with van der Waals surface area (Å²) in [6.07, 6.45) is 0. The molecule has 0 aliphatic carbocycles. The zero-order valence-electron chi connectivity index (χ0n) is 26.9. The molecule has 0 bridgehead atoms. The summed E-state index contributed by atoms with van der Waals surface area (Å²) in [5.74, 6) is 1.95. The van der Waals surface area contributed by atoms with Gasteiger partial charge in [0, 0.05) is 53.3 Å². The molecule has 0 fully saturated rings. The minimum absolute atomic E-state index is 0.643. The Hall–Kier alpha value is -6.43. The van der Waals surface area contributed by atoms with Gasteiger partial charge < -0.3 is 4.57 Å². The second-order valence-electron chi connectivity index (χ2n) is 12.5. The van der Waals surface area contributed by atoms with Gasteiger partial charge in [-0.1, -0.05) is 127 Å². The first-order valence-electron chi connectivity index (χ1n) is 16.7. The molecule has 7 aromatic carbocycles. The van der Waals surface area contributed by atoms with Gasteiger partial charge in [-0.2, -0.15) is 0 Å². The number of hydrogen-bond acceptors (Lipinski definition) is 4. The lowest BCUT2D eigenvalue weighted by Gasteiger charge is -2.11. The molecule has 10 aromatic rings. The fourth-order valence-electron chi connectivity index (χ4n) is 7.07. The van der Waals surface area contributed by atoms with Crippen LogP contribution in [0.25, 0.3) is 93.0 Å². The first kappa shape index (κ1) is 28.6. The summed E-state index contributed by atoms with van der Waals surface area (Å²) >= 11 is 1.88. The van der Waals surface area contributed by atoms with E-state index in [0.29, 0.717) is 17.5 Å². The van der Waals surface area contributed by atoms with Crippen LogP contribution in [-0.2, 0) is 0 Å². The average Bonchev–Trinajstić information content (AvgIpc) is 3.74. The molecule has 0 saturated heterocycles. The van der Waals surface area contributed by atoms with Gasteiger partial charge in [0.15, 0.2) is 17.5 Å². The van der Waals surface area contributed by atoms with Crippen molar-refractivity contribution < 1.29 is 0 Å². The molecule has 4 nitrogen and oxygen atoms in total. The van der Waals surface area contributed by atoms with Gasteiger partial charge in [0.25, 0.3) is 0 Å². The topological polar surface area (TPSA) is 43.6 Å². The van der Waals surface area contributed by atoms with E-state index in [4.69, 9.17) is 15.0 Å². The number of hydrogen-bond donors (Lipinski definition) is 0. The van der Waals surface area contributed by atoms with E-state index >= 15 is 0 Å². The highest BCUT2D eigenvalue weighted by Gasteiger charge is 2.19. The van der Waals surface area contributed by atoms with Crippen molar-refractivity contribution in [3.05, 3.63) is 170 Å². The number of aromatic nitrogens is 4. The van der Waals surface area contributed by atoms with Gasteiger partial charge in [-0.25, -0.2) is 15.0 Å². The zero-order chi connectivity index (χ0) is 33.0. The Morgan fingerprint density at radius 3 is 1.54 bits per heavy atom. The summed E-state index contributed by atoms with van der Waals surface area (Å²) in [7, 11) is 0. The lowest BCUT2D eigenvalue weighted by molar-refractivity contribution is 1.07. The molecular formula is C45H28N4S. The predicted molar refractivity (Wildman–Crippen MR) is 209 cm³/mol. The van der Waals surface area contributed by atoms with Crippen molar-refractivity contribution in [1.29, 1.82) is 0 Å². The van der Waals surface area contributed by atoms with Crippen molar-refractivity contribution in [1.82, 2.24) is 19.5 Å². The number of fused-ring (bicyclic) bond motifs is 7. The molecule has 0 unspecified atom stereocenters. The maximum Gasteiger partial charge on any atom is 0.164 e. The maximum atomic E-state index is 4.96. The van der Waals surface area contributed by atoms with Gasteiger partial charge in [0.05, 0.1) is 11.0 Å². The Kier molecular flexibility index (Phi) is 6.64. The Morgan fingerprint density at radius 1 is 0.380 bits per heavy atom. The van der Waals surface area contributed by atoms with Gasteiger partial charge in [-0.15, -0.1) is 11.3 Å². The number of nitrogens with zero attached hydrogens (tertiary/aromatic N) is 4. The molecule has 0 saturated carbocycles. The largest absolute Gasteiger partial charge is 0.309 e. The van der Waals surface area contributed by atoms with E-state index in [0.717, 1.165) is 22.4 Å². The summed E-state index contributed by atoms with van der Waals surface area (Å²) in [6.45, 7) is 0. The molecule has 3 heterocycles. The molecule has 0 N–H and O–H groups in total. The van der Waals surface area contributed by atoms with Crippen LogP contribution in [0.15, 0.2) is 170 Å². The lowest BCUT2D eigenvalue weighted by atomic mass is 10.0. The maximum absolute atomic E-state index is 4.96. The highest BCUT2D eigenvalue weighted by Crippen LogP contribution is 2.44. The SMILES string of the molecule is c1ccc(-c2ccc3c4c5sc6ccccc6c5ccc4n(-c4ccc(-c5nc(-c6ccccc6)nc(-c6ccccc6)n5)cc4)c3c2)cc1. The molecule has 0 atom stereocenters. The van der Waals surface area contributed by atoms with Crippen LogP contribution in [0.1, 0.15) is 0 Å². The van der Waals surface area contributed by atoms with Crippen LogP contribution in [0.5, 0.6) is 0 Å². The summed E-state index contributed by atoms with van der Waals surface area (Å²) in [4.78, 5) is 14.8. The molecule has 0 aliphatic heterocycles. The molecule has 5 heteroatoms. The van der Waals surface area contributed by atoms with E-state index in [-0.39, 0.29) is 0 Å². The van der Waals surface area contributed by atoms with E-state index in [1.807, 2.05) is 72.0 Å². The molecular weight excluding hydrogens is 629 g/mol. The van der Waals surface area contributed by atoms with E-state index in [2.05, 4.69) is 114 Å². The monoisotopic (exact) mass is 656 g/mol. The molecule has 0 amide bonds. The van der Waals surface area contributed by atoms with Crippen LogP contribution in [-0.4, -0.2) is 19.5 Å². The van der Waals surface area contributed by atoms with Crippen molar-refractivity contribution in [2.45, 2.75) is 0 Å². The summed E-state index contributed by atoms with van der Waals surface area (Å²) < 4.78 is 5.04. The lowest BCUT2D eigenvalue weighted by Crippen LogP contribution is -2.00. The first-order chi connectivity index (χ1) is 24.8. The predicted octanol–water partition coefficient (Wildman–Crippen LogP) is 12.0. The van der Waals surface area contributed by atoms with Crippen molar-refractivity contribution in [2.24, 2.45) is 0 Å². The van der Waals surface area contributed by atoms with E-state index < -0.39 is 0 Å². The summed E-state index contributed by atoms with van der Waals surface area (Å²) in [5.41, 5.74) is 8.69. The van der Waals surface area contributed by atoms with Crippen molar-refractivity contribution in [3.8, 4) is 51.0 Å². The van der Waals surface area contributed by atoms with Gasteiger partial charge in [-0.05, 0) is 53.6 Å². The molecule has 50 heavy (non-hydrogen) atoms. The fourth-order valence-corrected chi connectivity index (χ4v) is 8.33. The molecule has 10 rings (SSSR count). The van der Waals surface area contributed by atoms with E-state index in [9.17, 15) is 0 Å². The van der Waals surface area contributed by atoms with E-state index in [1.165, 1.54) is 53.1 Å². The third kappa shape index (κ3) is 4.71. The first-order valence-corrected chi connectivity index (χ1v) is 17.5. The Bertz CT molecular complexity index is 2780. The smallest absolute Gasteiger partial charge is 0.164 e. The minimum Gasteiger partial charge on any atom is -0.309 e. The Balaban J connectivity index is 1.17. The zero-order valence-corrected chi connectivity index (χ0v) is 27.7. The summed E-state index contributed by atoms with van der Waals surface area (Å²) in [6, 6.07) is 59.7. The quantitative estimate of drug-likeness (QED) is 0.185. The average molecular weight is 657 g/mol. The number of thiophene rings is 1. The van der Waals surface area contributed by atoms with Gasteiger partial charge in [0.1, 0.15) is 0 Å². The van der Waals surface area contributed by atoms with Gasteiger partial charge in [0.2, 0.25) is 0 Å². The number of benzene rings is 7. The molecule has 234 valence electrons. The molecule has 0 spiro atoms. The van der Waals surface area contributed by atoms with Crippen LogP contribution in [0.3, 0.4) is 0 Å². The third-order valence-corrected chi connectivity index (χ3v) is 10.7. The highest BCUT2D eigenvalue weighted by molar-refractivity contribution is 7.26. The second-order valence-corrected chi connectivity index (χ2v) is 13.5. The van der Waals surface area contributed by atoms with Crippen LogP contribution in [0, 0.1) is 0 Å². The van der Waals surface area contributed by atoms with Gasteiger partial charge >= 0.3 is 0 Å². The standard InChI is InChI=1S/C45H28N4S/c1-4-12-29(13-5-1)33-22-25-37-39(28-33)49(38-27-26-36-35-18-10-11-19-40(35)50-42(36)41(37)38)34-23-20-32(21-24-34)45-47-43(30-14-6-2-7-15-30)46-44(48-45)31-16-8-3-9-17-31/h1-28H. The summed E-state index contributed by atoms with van der Waals surface area (Å²) in [5, 5.41) is 5.15. The van der Waals surface area contributed by atoms with Crippen LogP contribution < -0.4 is 0 Å². The van der Waals surface area contributed by atoms with E-state index in [1.54, 1.807) is 0 Å². The third-order valence-electron chi connectivity index (χ3n) is 9.46. The fraction of sp³-hybridized carbons (Fsp3) is 0. The minimum atomic E-state index is 0.643. The molecule has 3 aromatic heterocycles. The van der Waals surface area contributed by atoms with Gasteiger partial charge in [-0.3, -0.25) is 0 Å². The molecule has 0 radical (unpaired) electrons. The number of rotatable bonds is 5. The van der Waals surface area contributed by atoms with Crippen LogP contribution >= 0.6 is 11.3 Å². The van der Waals surface area contributed by atoms with Crippen molar-refractivity contribution >= 4 is 53.3 Å². The van der Waals surface area contributed by atoms with Crippen molar-refractivity contribution in [2.75, 3.05) is 0 Å². The Morgan fingerprint density at radius 2 is 0.900 bits per heavy atom.